The molecule has 8 aromatic carbocycles. The maximum atomic E-state index is 2.54. The zero-order valence-corrected chi connectivity index (χ0v) is 31.1. The molecule has 0 aliphatic heterocycles. The summed E-state index contributed by atoms with van der Waals surface area (Å²) in [6.45, 7) is 9.75. The van der Waals surface area contributed by atoms with Crippen LogP contribution in [0.1, 0.15) is 51.7 Å². The first-order chi connectivity index (χ1) is 25.8. The van der Waals surface area contributed by atoms with Crippen LogP contribution in [-0.2, 0) is 10.8 Å². The third kappa shape index (κ3) is 5.82. The minimum Gasteiger partial charge on any atom is -0.310 e. The zero-order valence-electron chi connectivity index (χ0n) is 31.1. The van der Waals surface area contributed by atoms with E-state index in [-0.39, 0.29) is 10.8 Å². The Labute approximate surface area is 314 Å². The number of hydrogen-bond donors (Lipinski definition) is 0. The van der Waals surface area contributed by atoms with Crippen LogP contribution in [0.4, 0.5) is 17.1 Å². The minimum absolute atomic E-state index is 0.0167. The summed E-state index contributed by atoms with van der Waals surface area (Å²) >= 11 is 0. The molecule has 0 atom stereocenters. The number of rotatable bonds is 6. The number of fused-ring (bicyclic) bond motifs is 4. The van der Waals surface area contributed by atoms with E-state index in [1.807, 2.05) is 0 Å². The van der Waals surface area contributed by atoms with E-state index in [1.54, 1.807) is 0 Å². The van der Waals surface area contributed by atoms with Crippen molar-refractivity contribution in [3.63, 3.8) is 0 Å². The van der Waals surface area contributed by atoms with E-state index in [1.165, 1.54) is 71.7 Å². The predicted molar refractivity (Wildman–Crippen MR) is 228 cm³/mol. The van der Waals surface area contributed by atoms with Gasteiger partial charge in [-0.3, -0.25) is 0 Å². The molecule has 0 bridgehead atoms. The normalized spacial score (nSPS) is 14.6. The number of anilines is 3. The third-order valence-corrected chi connectivity index (χ3v) is 11.7. The molecule has 0 saturated heterocycles. The summed E-state index contributed by atoms with van der Waals surface area (Å²) in [4.78, 5) is 2.54. The first-order valence-corrected chi connectivity index (χ1v) is 19.0. The van der Waals surface area contributed by atoms with Gasteiger partial charge in [-0.1, -0.05) is 173 Å². The summed E-state index contributed by atoms with van der Waals surface area (Å²) in [5.74, 6) is 0. The lowest BCUT2D eigenvalue weighted by Gasteiger charge is -2.45. The highest BCUT2D eigenvalue weighted by Crippen LogP contribution is 2.55. The van der Waals surface area contributed by atoms with E-state index in [2.05, 4.69) is 209 Å². The molecule has 0 fully saturated rings. The Kier molecular flexibility index (Phi) is 8.04. The van der Waals surface area contributed by atoms with Crippen molar-refractivity contribution in [2.24, 2.45) is 0 Å². The van der Waals surface area contributed by atoms with Crippen LogP contribution in [0, 0.1) is 0 Å². The second-order valence-corrected chi connectivity index (χ2v) is 16.0. The minimum atomic E-state index is -0.0167. The lowest BCUT2D eigenvalue weighted by Crippen LogP contribution is -2.35. The number of benzene rings is 8. The van der Waals surface area contributed by atoms with Crippen molar-refractivity contribution in [1.82, 2.24) is 0 Å². The van der Waals surface area contributed by atoms with Gasteiger partial charge in [-0.2, -0.15) is 0 Å². The molecule has 0 saturated carbocycles. The van der Waals surface area contributed by atoms with E-state index in [0.717, 1.165) is 24.2 Å². The summed E-state index contributed by atoms with van der Waals surface area (Å²) in [5, 5.41) is 5.12. The second-order valence-electron chi connectivity index (χ2n) is 16.0. The van der Waals surface area contributed by atoms with Crippen molar-refractivity contribution in [3.8, 4) is 33.4 Å². The molecule has 0 N–H and O–H groups in total. The summed E-state index contributed by atoms with van der Waals surface area (Å²) in [7, 11) is 0. The Balaban J connectivity index is 1.28. The van der Waals surface area contributed by atoms with Crippen LogP contribution in [0.2, 0.25) is 0 Å². The van der Waals surface area contributed by atoms with Crippen molar-refractivity contribution in [3.05, 3.63) is 187 Å². The van der Waals surface area contributed by atoms with Crippen LogP contribution in [-0.4, -0.2) is 0 Å². The Morgan fingerprint density at radius 1 is 0.396 bits per heavy atom. The molecule has 0 unspecified atom stereocenters. The van der Waals surface area contributed by atoms with Gasteiger partial charge in [0, 0.05) is 16.9 Å². The smallest absolute Gasteiger partial charge is 0.0580 e. The van der Waals surface area contributed by atoms with Gasteiger partial charge in [-0.25, -0.2) is 0 Å². The molecule has 258 valence electrons. The van der Waals surface area contributed by atoms with Gasteiger partial charge in [-0.15, -0.1) is 0 Å². The van der Waals surface area contributed by atoms with Crippen LogP contribution in [0.25, 0.3) is 54.9 Å². The van der Waals surface area contributed by atoms with Crippen molar-refractivity contribution >= 4 is 38.6 Å². The van der Waals surface area contributed by atoms with E-state index >= 15 is 0 Å². The molecule has 0 aromatic heterocycles. The molecule has 53 heavy (non-hydrogen) atoms. The Hall–Kier alpha value is -5.92. The average Bonchev–Trinajstić information content (AvgIpc) is 3.20. The largest absolute Gasteiger partial charge is 0.310 e. The van der Waals surface area contributed by atoms with Gasteiger partial charge in [0.05, 0.1) is 5.69 Å². The van der Waals surface area contributed by atoms with E-state index < -0.39 is 0 Å². The molecule has 1 aliphatic rings. The molecular formula is C52H45N. The lowest BCUT2D eigenvalue weighted by atomic mass is 9.62. The molecular weight excluding hydrogens is 639 g/mol. The van der Waals surface area contributed by atoms with Crippen LogP contribution >= 0.6 is 0 Å². The van der Waals surface area contributed by atoms with Gasteiger partial charge >= 0.3 is 0 Å². The third-order valence-electron chi connectivity index (χ3n) is 11.7. The van der Waals surface area contributed by atoms with Crippen LogP contribution in [0.15, 0.2) is 176 Å². The standard InChI is InChI=1S/C52H45N/c1-51(2)33-34-52(3,4)49-48(51)32-31-44(38-17-9-6-10-18-38)50(49)53(41-27-23-37(24-28-41)36-15-7-5-8-16-36)42-29-25-39(26-30-42)47-35-40-19-11-12-20-43(40)45-21-13-14-22-46(45)47/h5-32,35H,33-34H2,1-4H3. The number of nitrogens with zero attached hydrogens (tertiary/aromatic N) is 1. The SMILES string of the molecule is CC1(C)CCC(C)(C)c2c1ccc(-c1ccccc1)c2N(c1ccc(-c2ccccc2)cc1)c1ccc(-c2cc3ccccc3c3ccccc23)cc1. The highest BCUT2D eigenvalue weighted by atomic mass is 15.1. The first kappa shape index (κ1) is 33.0. The van der Waals surface area contributed by atoms with Gasteiger partial charge in [-0.05, 0) is 114 Å². The summed E-state index contributed by atoms with van der Waals surface area (Å²) in [5.41, 5.74) is 13.9. The fraction of sp³-hybridized carbons (Fsp3) is 0.154. The van der Waals surface area contributed by atoms with Crippen molar-refractivity contribution in [1.29, 1.82) is 0 Å². The molecule has 1 nitrogen and oxygen atoms in total. The van der Waals surface area contributed by atoms with E-state index in [0.29, 0.717) is 0 Å². The molecule has 1 aliphatic carbocycles. The number of hydrogen-bond acceptors (Lipinski definition) is 1. The fourth-order valence-electron chi connectivity index (χ4n) is 8.73. The zero-order chi connectivity index (χ0) is 36.2. The van der Waals surface area contributed by atoms with Gasteiger partial charge in [0.1, 0.15) is 0 Å². The maximum Gasteiger partial charge on any atom is 0.0580 e. The topological polar surface area (TPSA) is 3.24 Å². The highest BCUT2D eigenvalue weighted by Gasteiger charge is 2.41. The molecule has 0 amide bonds. The van der Waals surface area contributed by atoms with Gasteiger partial charge in [0.2, 0.25) is 0 Å². The van der Waals surface area contributed by atoms with Crippen LogP contribution in [0.3, 0.4) is 0 Å². The first-order valence-electron chi connectivity index (χ1n) is 19.0. The molecule has 0 spiro atoms. The van der Waals surface area contributed by atoms with Crippen LogP contribution in [0.5, 0.6) is 0 Å². The summed E-state index contributed by atoms with van der Waals surface area (Å²) in [6.07, 6.45) is 2.30. The summed E-state index contributed by atoms with van der Waals surface area (Å²) < 4.78 is 0. The lowest BCUT2D eigenvalue weighted by molar-refractivity contribution is 0.332. The highest BCUT2D eigenvalue weighted by molar-refractivity contribution is 6.13. The predicted octanol–water partition coefficient (Wildman–Crippen LogP) is 14.8. The molecule has 8 aromatic rings. The van der Waals surface area contributed by atoms with Gasteiger partial charge < -0.3 is 4.90 Å². The maximum absolute atomic E-state index is 2.54. The van der Waals surface area contributed by atoms with Crippen molar-refractivity contribution < 1.29 is 0 Å². The van der Waals surface area contributed by atoms with Crippen LogP contribution < -0.4 is 4.90 Å². The quantitative estimate of drug-likeness (QED) is 0.158. The Morgan fingerprint density at radius 2 is 0.887 bits per heavy atom. The molecule has 1 heteroatoms. The average molecular weight is 684 g/mol. The molecule has 9 rings (SSSR count). The second kappa shape index (κ2) is 12.9. The van der Waals surface area contributed by atoms with Crippen molar-refractivity contribution in [2.75, 3.05) is 4.90 Å². The van der Waals surface area contributed by atoms with Crippen molar-refractivity contribution in [2.45, 2.75) is 51.4 Å². The monoisotopic (exact) mass is 683 g/mol. The molecule has 0 radical (unpaired) electrons. The van der Waals surface area contributed by atoms with E-state index in [9.17, 15) is 0 Å². The Morgan fingerprint density at radius 3 is 1.55 bits per heavy atom. The Bertz CT molecular complexity index is 2580. The van der Waals surface area contributed by atoms with Gasteiger partial charge in [0.25, 0.3) is 0 Å². The fourth-order valence-corrected chi connectivity index (χ4v) is 8.73. The van der Waals surface area contributed by atoms with Gasteiger partial charge in [0.15, 0.2) is 0 Å². The summed E-state index contributed by atoms with van der Waals surface area (Å²) in [6, 6.07) is 64.9. The van der Waals surface area contributed by atoms with E-state index in [4.69, 9.17) is 0 Å². The molecule has 0 heterocycles.